The number of sulfonamides is 1. The number of rotatable bonds is 4. The zero-order valence-electron chi connectivity index (χ0n) is 14.9. The van der Waals surface area contributed by atoms with E-state index in [1.807, 2.05) is 0 Å². The van der Waals surface area contributed by atoms with Gasteiger partial charge in [-0.25, -0.2) is 8.42 Å². The quantitative estimate of drug-likeness (QED) is 0.788. The van der Waals surface area contributed by atoms with Crippen LogP contribution in [0.3, 0.4) is 0 Å². The van der Waals surface area contributed by atoms with Crippen LogP contribution in [0.25, 0.3) is 0 Å². The van der Waals surface area contributed by atoms with E-state index in [0.29, 0.717) is 39.1 Å². The van der Waals surface area contributed by atoms with Crippen LogP contribution in [-0.2, 0) is 29.8 Å². The predicted molar refractivity (Wildman–Crippen MR) is 93.3 cm³/mol. The highest BCUT2D eigenvalue weighted by atomic mass is 32.2. The van der Waals surface area contributed by atoms with Crippen LogP contribution in [0.1, 0.15) is 17.5 Å². The van der Waals surface area contributed by atoms with Gasteiger partial charge in [0, 0.05) is 39.4 Å². The molecule has 6 nitrogen and oxygen atoms in total. The molecule has 0 atom stereocenters. The van der Waals surface area contributed by atoms with Gasteiger partial charge in [0.15, 0.2) is 0 Å². The number of hydrogen-bond donors (Lipinski definition) is 0. The molecular formula is C17H21F3N4O2S. The van der Waals surface area contributed by atoms with Crippen LogP contribution < -0.4 is 0 Å². The van der Waals surface area contributed by atoms with E-state index in [9.17, 15) is 21.6 Å². The van der Waals surface area contributed by atoms with E-state index in [0.717, 1.165) is 17.7 Å². The normalized spacial score (nSPS) is 17.8. The summed E-state index contributed by atoms with van der Waals surface area (Å²) in [6, 6.07) is 5.09. The molecule has 2 aromatic rings. The molecule has 0 saturated carbocycles. The summed E-state index contributed by atoms with van der Waals surface area (Å²) >= 11 is 0. The molecule has 27 heavy (non-hydrogen) atoms. The maximum absolute atomic E-state index is 12.7. The van der Waals surface area contributed by atoms with Gasteiger partial charge in [0.25, 0.3) is 0 Å². The van der Waals surface area contributed by atoms with E-state index in [1.54, 1.807) is 7.05 Å². The van der Waals surface area contributed by atoms with Gasteiger partial charge in [-0.1, -0.05) is 12.1 Å². The largest absolute Gasteiger partial charge is 0.416 e. The molecule has 148 valence electrons. The van der Waals surface area contributed by atoms with Crippen molar-refractivity contribution in [3.8, 4) is 0 Å². The fraction of sp³-hybridized carbons (Fsp3) is 0.471. The van der Waals surface area contributed by atoms with Crippen molar-refractivity contribution in [2.24, 2.45) is 7.05 Å². The molecule has 1 aromatic heterocycles. The number of halogens is 3. The molecule has 1 aromatic carbocycles. The Morgan fingerprint density at radius 1 is 1.07 bits per heavy atom. The van der Waals surface area contributed by atoms with Crippen LogP contribution >= 0.6 is 0 Å². The summed E-state index contributed by atoms with van der Waals surface area (Å²) in [5, 5.41) is 3.92. The third-order valence-electron chi connectivity index (χ3n) is 4.55. The highest BCUT2D eigenvalue weighted by Gasteiger charge is 2.30. The van der Waals surface area contributed by atoms with Crippen molar-refractivity contribution in [1.29, 1.82) is 0 Å². The van der Waals surface area contributed by atoms with Gasteiger partial charge < -0.3 is 0 Å². The van der Waals surface area contributed by atoms with Crippen LogP contribution in [0.2, 0.25) is 0 Å². The predicted octanol–water partition coefficient (Wildman–Crippen LogP) is 2.34. The monoisotopic (exact) mass is 402 g/mol. The van der Waals surface area contributed by atoms with Crippen molar-refractivity contribution in [2.45, 2.75) is 24.0 Å². The number of alkyl halides is 3. The summed E-state index contributed by atoms with van der Waals surface area (Å²) in [5.74, 6) is 0. The highest BCUT2D eigenvalue weighted by Crippen LogP contribution is 2.29. The van der Waals surface area contributed by atoms with Crippen molar-refractivity contribution >= 4 is 10.0 Å². The van der Waals surface area contributed by atoms with Gasteiger partial charge in [-0.3, -0.25) is 9.58 Å². The molecule has 1 aliphatic rings. The summed E-state index contributed by atoms with van der Waals surface area (Å²) < 4.78 is 66.2. The van der Waals surface area contributed by atoms with Gasteiger partial charge in [-0.05, 0) is 30.7 Å². The Morgan fingerprint density at radius 3 is 2.37 bits per heavy atom. The first-order chi connectivity index (χ1) is 12.7. The van der Waals surface area contributed by atoms with Crippen LogP contribution in [0.15, 0.2) is 41.6 Å². The van der Waals surface area contributed by atoms with Crippen LogP contribution in [0.4, 0.5) is 13.2 Å². The Balaban J connectivity index is 1.63. The zero-order valence-corrected chi connectivity index (χ0v) is 15.7. The molecule has 0 amide bonds. The van der Waals surface area contributed by atoms with Gasteiger partial charge in [-0.15, -0.1) is 0 Å². The fourth-order valence-electron chi connectivity index (χ4n) is 3.08. The second-order valence-corrected chi connectivity index (χ2v) is 8.52. The Morgan fingerprint density at radius 2 is 1.78 bits per heavy atom. The summed E-state index contributed by atoms with van der Waals surface area (Å²) in [4.78, 5) is 2.22. The number of aromatic nitrogens is 2. The van der Waals surface area contributed by atoms with E-state index in [1.165, 1.54) is 33.5 Å². The lowest BCUT2D eigenvalue weighted by molar-refractivity contribution is -0.137. The van der Waals surface area contributed by atoms with Gasteiger partial charge in [0.05, 0.1) is 11.8 Å². The maximum atomic E-state index is 12.7. The highest BCUT2D eigenvalue weighted by molar-refractivity contribution is 7.89. The minimum atomic E-state index is -4.34. The van der Waals surface area contributed by atoms with Crippen molar-refractivity contribution in [1.82, 2.24) is 19.0 Å². The van der Waals surface area contributed by atoms with E-state index in [2.05, 4.69) is 10.00 Å². The summed E-state index contributed by atoms with van der Waals surface area (Å²) in [6.07, 6.45) is -0.886. The lowest BCUT2D eigenvalue weighted by atomic mass is 10.1. The zero-order chi connectivity index (χ0) is 19.7. The lowest BCUT2D eigenvalue weighted by Gasteiger charge is -2.21. The van der Waals surface area contributed by atoms with Crippen molar-refractivity contribution in [3.05, 3.63) is 47.8 Å². The molecule has 3 rings (SSSR count). The Labute approximate surface area is 156 Å². The van der Waals surface area contributed by atoms with Crippen LogP contribution in [0, 0.1) is 0 Å². The van der Waals surface area contributed by atoms with Gasteiger partial charge in [0.2, 0.25) is 10.0 Å². The molecule has 0 radical (unpaired) electrons. The third kappa shape index (κ3) is 4.69. The standard InChI is InChI=1S/C17H21F3N4O2S/c1-22-13-16(11-21-22)27(25,26)24-8-2-7-23(9-10-24)12-14-3-5-15(6-4-14)17(18,19)20/h3-6,11,13H,2,7-10,12H2,1H3. The molecule has 0 aliphatic carbocycles. The minimum Gasteiger partial charge on any atom is -0.298 e. The fourth-order valence-corrected chi connectivity index (χ4v) is 4.54. The number of benzene rings is 1. The van der Waals surface area contributed by atoms with Crippen molar-refractivity contribution in [2.75, 3.05) is 26.2 Å². The van der Waals surface area contributed by atoms with Gasteiger partial charge in [-0.2, -0.15) is 22.6 Å². The summed E-state index contributed by atoms with van der Waals surface area (Å²) in [6.45, 7) is 2.41. The minimum absolute atomic E-state index is 0.168. The molecule has 2 heterocycles. The molecule has 1 saturated heterocycles. The van der Waals surface area contributed by atoms with E-state index < -0.39 is 21.8 Å². The van der Waals surface area contributed by atoms with Crippen LogP contribution in [-0.4, -0.2) is 53.6 Å². The van der Waals surface area contributed by atoms with Gasteiger partial charge in [0.1, 0.15) is 4.90 Å². The van der Waals surface area contributed by atoms with Gasteiger partial charge >= 0.3 is 6.18 Å². The first kappa shape index (κ1) is 19.8. The smallest absolute Gasteiger partial charge is 0.298 e. The average Bonchev–Trinajstić information content (AvgIpc) is 2.90. The maximum Gasteiger partial charge on any atom is 0.416 e. The van der Waals surface area contributed by atoms with E-state index in [-0.39, 0.29) is 4.90 Å². The first-order valence-corrected chi connectivity index (χ1v) is 9.97. The number of hydrogen-bond acceptors (Lipinski definition) is 4. The summed E-state index contributed by atoms with van der Waals surface area (Å²) in [5.41, 5.74) is 0.0995. The molecule has 1 aliphatic heterocycles. The second-order valence-electron chi connectivity index (χ2n) is 6.58. The first-order valence-electron chi connectivity index (χ1n) is 8.53. The summed E-state index contributed by atoms with van der Waals surface area (Å²) in [7, 11) is -1.92. The molecule has 1 fully saturated rings. The molecule has 0 unspecified atom stereocenters. The molecule has 0 N–H and O–H groups in total. The Kier molecular flexibility index (Phi) is 5.59. The Bertz CT molecular complexity index is 878. The molecule has 0 spiro atoms. The lowest BCUT2D eigenvalue weighted by Crippen LogP contribution is -2.35. The molecule has 0 bridgehead atoms. The van der Waals surface area contributed by atoms with Crippen LogP contribution in [0.5, 0.6) is 0 Å². The molecule has 10 heteroatoms. The average molecular weight is 402 g/mol. The topological polar surface area (TPSA) is 58.4 Å². The second kappa shape index (κ2) is 7.61. The van der Waals surface area contributed by atoms with E-state index in [4.69, 9.17) is 0 Å². The SMILES string of the molecule is Cn1cc(S(=O)(=O)N2CCCN(Cc3ccc(C(F)(F)F)cc3)CC2)cn1. The van der Waals surface area contributed by atoms with Crippen molar-refractivity contribution in [3.63, 3.8) is 0 Å². The van der Waals surface area contributed by atoms with E-state index >= 15 is 0 Å². The number of aryl methyl sites for hydroxylation is 1. The number of nitrogens with zero attached hydrogens (tertiary/aromatic N) is 4. The molecular weight excluding hydrogens is 381 g/mol. The third-order valence-corrected chi connectivity index (χ3v) is 6.41. The Hall–Kier alpha value is -1.91. The van der Waals surface area contributed by atoms with Crippen molar-refractivity contribution < 1.29 is 21.6 Å².